The molecule has 0 radical (unpaired) electrons. The van der Waals surface area contributed by atoms with E-state index in [0.29, 0.717) is 0 Å². The zero-order valence-electron chi connectivity index (χ0n) is 33.4. The van der Waals surface area contributed by atoms with Gasteiger partial charge in [0.05, 0.1) is 34.1 Å². The van der Waals surface area contributed by atoms with E-state index in [1.165, 1.54) is 43.8 Å². The van der Waals surface area contributed by atoms with Crippen LogP contribution in [0.4, 0.5) is 45.5 Å². The molecule has 2 aliphatic heterocycles. The van der Waals surface area contributed by atoms with Gasteiger partial charge in [0.25, 0.3) is 5.91 Å². The van der Waals surface area contributed by atoms with Crippen molar-refractivity contribution in [1.82, 2.24) is 0 Å². The molecule has 61 heavy (non-hydrogen) atoms. The molecule has 0 bridgehead atoms. The first-order chi connectivity index (χ1) is 30.3. The highest BCUT2D eigenvalue weighted by Gasteiger charge is 2.65. The second-order valence-electron chi connectivity index (χ2n) is 15.7. The molecule has 4 nitrogen and oxygen atoms in total. The number of para-hydroxylation sites is 4. The molecule has 0 N–H and O–H groups in total. The quantitative estimate of drug-likeness (QED) is 0.167. The highest BCUT2D eigenvalue weighted by Crippen LogP contribution is 2.65. The molecule has 0 unspecified atom stereocenters. The lowest BCUT2D eigenvalue weighted by atomic mass is 10.0. The number of rotatable bonds is 6. The Kier molecular flexibility index (Phi) is 8.04. The van der Waals surface area contributed by atoms with E-state index in [4.69, 9.17) is 0 Å². The van der Waals surface area contributed by atoms with Crippen LogP contribution in [0.1, 0.15) is 0 Å². The van der Waals surface area contributed by atoms with E-state index in [1.807, 2.05) is 0 Å². The summed E-state index contributed by atoms with van der Waals surface area (Å²) in [6.45, 7) is 0. The van der Waals surface area contributed by atoms with Crippen LogP contribution in [-0.2, 0) is 0 Å². The summed E-state index contributed by atoms with van der Waals surface area (Å²) in [5, 5.41) is 4.72. The molecule has 0 aromatic heterocycles. The highest BCUT2D eigenvalue weighted by atomic mass is 15.8. The van der Waals surface area contributed by atoms with Crippen LogP contribution in [-0.4, -0.2) is 5.91 Å². The first-order valence-corrected chi connectivity index (χ1v) is 20.9. The standard InChI is InChI=1S/C57H40N4/c1-3-17-41(18-4-1)43-33-37-47(38-34-43)58-53-27-11-13-29-55(53)60(51-31-15-23-45-21-7-9-25-49(45)51)57(58)59(48-39-35-44(36-40-48)42-19-5-2-6-20-42)54-28-12-14-30-56(54)61(57)52-32-16-24-46-22-8-10-26-50(46)52/h1-40H. The van der Waals surface area contributed by atoms with Crippen molar-refractivity contribution in [2.24, 2.45) is 0 Å². The van der Waals surface area contributed by atoms with Gasteiger partial charge in [-0.2, -0.15) is 0 Å². The van der Waals surface area contributed by atoms with Crippen LogP contribution in [0.5, 0.6) is 0 Å². The lowest BCUT2D eigenvalue weighted by Gasteiger charge is -2.53. The van der Waals surface area contributed by atoms with E-state index >= 15 is 0 Å². The third-order valence-corrected chi connectivity index (χ3v) is 12.4. The van der Waals surface area contributed by atoms with Crippen molar-refractivity contribution in [3.05, 3.63) is 243 Å². The van der Waals surface area contributed by atoms with Crippen molar-refractivity contribution in [1.29, 1.82) is 0 Å². The first kappa shape index (κ1) is 34.9. The second-order valence-corrected chi connectivity index (χ2v) is 15.7. The SMILES string of the molecule is c1ccc(-c2ccc(N3c4ccccc4N(c4cccc5ccccc45)C34N(c3ccc(-c5ccccc5)cc3)c3ccccc3N4c3cccc4ccccc34)cc2)cc1. The van der Waals surface area contributed by atoms with E-state index in [1.54, 1.807) is 0 Å². The molecule has 0 atom stereocenters. The average molecular weight is 781 g/mol. The van der Waals surface area contributed by atoms with Gasteiger partial charge >= 0.3 is 0 Å². The monoisotopic (exact) mass is 780 g/mol. The van der Waals surface area contributed by atoms with Crippen LogP contribution in [0.3, 0.4) is 0 Å². The fourth-order valence-electron chi connectivity index (χ4n) is 9.81. The van der Waals surface area contributed by atoms with E-state index in [2.05, 4.69) is 262 Å². The summed E-state index contributed by atoms with van der Waals surface area (Å²) in [4.78, 5) is 10.4. The fourth-order valence-corrected chi connectivity index (χ4v) is 9.81. The van der Waals surface area contributed by atoms with Crippen molar-refractivity contribution in [3.8, 4) is 22.3 Å². The van der Waals surface area contributed by atoms with Crippen molar-refractivity contribution >= 4 is 67.0 Å². The Morgan fingerprint density at radius 2 is 0.508 bits per heavy atom. The van der Waals surface area contributed by atoms with Crippen molar-refractivity contribution in [2.75, 3.05) is 19.6 Å². The molecule has 0 fully saturated rings. The van der Waals surface area contributed by atoms with Gasteiger partial charge in [0, 0.05) is 22.1 Å². The van der Waals surface area contributed by atoms with Gasteiger partial charge in [0.15, 0.2) is 0 Å². The summed E-state index contributed by atoms with van der Waals surface area (Å²) in [5.41, 5.74) is 13.5. The third-order valence-electron chi connectivity index (χ3n) is 12.4. The molecule has 2 heterocycles. The minimum atomic E-state index is -1.08. The van der Waals surface area contributed by atoms with E-state index in [9.17, 15) is 0 Å². The summed E-state index contributed by atoms with van der Waals surface area (Å²) in [7, 11) is 0. The van der Waals surface area contributed by atoms with Crippen LogP contribution < -0.4 is 19.6 Å². The molecule has 12 rings (SSSR count). The van der Waals surface area contributed by atoms with Gasteiger partial charge < -0.3 is 0 Å². The maximum atomic E-state index is 2.60. The zero-order chi connectivity index (χ0) is 40.3. The van der Waals surface area contributed by atoms with Crippen LogP contribution in [0, 0.1) is 0 Å². The summed E-state index contributed by atoms with van der Waals surface area (Å²) in [5.74, 6) is -1.08. The minimum absolute atomic E-state index is 1.07. The van der Waals surface area contributed by atoms with Crippen LogP contribution in [0.25, 0.3) is 43.8 Å². The smallest absolute Gasteiger partial charge is 0.280 e. The first-order valence-electron chi connectivity index (χ1n) is 20.9. The molecule has 4 heteroatoms. The predicted octanol–water partition coefficient (Wildman–Crippen LogP) is 15.2. The molecule has 10 aromatic carbocycles. The highest BCUT2D eigenvalue weighted by molar-refractivity contribution is 6.09. The number of fused-ring (bicyclic) bond motifs is 4. The lowest BCUT2D eigenvalue weighted by Crippen LogP contribution is -2.70. The van der Waals surface area contributed by atoms with E-state index < -0.39 is 5.91 Å². The predicted molar refractivity (Wildman–Crippen MR) is 256 cm³/mol. The van der Waals surface area contributed by atoms with Crippen molar-refractivity contribution in [3.63, 3.8) is 0 Å². The normalized spacial score (nSPS) is 13.9. The van der Waals surface area contributed by atoms with Gasteiger partial charge in [-0.25, -0.2) is 0 Å². The second kappa shape index (κ2) is 14.0. The number of hydrogen-bond acceptors (Lipinski definition) is 4. The topological polar surface area (TPSA) is 13.0 Å². The van der Waals surface area contributed by atoms with Crippen molar-refractivity contribution in [2.45, 2.75) is 5.91 Å². The maximum Gasteiger partial charge on any atom is 0.295 e. The Labute approximate surface area is 356 Å². The Bertz CT molecular complexity index is 2990. The Hall–Kier alpha value is -8.08. The van der Waals surface area contributed by atoms with Gasteiger partial charge in [-0.3, -0.25) is 19.6 Å². The maximum absolute atomic E-state index is 2.60. The van der Waals surface area contributed by atoms with Gasteiger partial charge in [-0.1, -0.05) is 182 Å². The molecule has 10 aromatic rings. The molecule has 1 spiro atoms. The van der Waals surface area contributed by atoms with E-state index in [0.717, 1.165) is 45.5 Å². The number of nitrogens with zero attached hydrogens (tertiary/aromatic N) is 4. The molecule has 2 aliphatic rings. The van der Waals surface area contributed by atoms with Gasteiger partial charge in [0.2, 0.25) is 0 Å². The summed E-state index contributed by atoms with van der Waals surface area (Å²) in [6.07, 6.45) is 0. The van der Waals surface area contributed by atoms with Gasteiger partial charge in [0.1, 0.15) is 0 Å². The Morgan fingerprint density at radius 1 is 0.213 bits per heavy atom. The molecule has 288 valence electrons. The third kappa shape index (κ3) is 5.32. The molecule has 0 saturated heterocycles. The zero-order valence-corrected chi connectivity index (χ0v) is 33.4. The van der Waals surface area contributed by atoms with Crippen LogP contribution in [0.15, 0.2) is 243 Å². The minimum Gasteiger partial charge on any atom is -0.280 e. The molecular weight excluding hydrogens is 741 g/mol. The summed E-state index contributed by atoms with van der Waals surface area (Å²) >= 11 is 0. The molecular formula is C57H40N4. The van der Waals surface area contributed by atoms with Crippen LogP contribution in [0.2, 0.25) is 0 Å². The Balaban J connectivity index is 1.22. The van der Waals surface area contributed by atoms with Crippen LogP contribution >= 0.6 is 0 Å². The summed E-state index contributed by atoms with van der Waals surface area (Å²) in [6, 6.07) is 88.4. The lowest BCUT2D eigenvalue weighted by molar-refractivity contribution is 0.481. The summed E-state index contributed by atoms with van der Waals surface area (Å²) < 4.78 is 0. The average Bonchev–Trinajstić information content (AvgIpc) is 3.80. The largest absolute Gasteiger partial charge is 0.295 e. The molecule has 0 aliphatic carbocycles. The van der Waals surface area contributed by atoms with Gasteiger partial charge in [-0.05, 0) is 93.7 Å². The van der Waals surface area contributed by atoms with E-state index in [-0.39, 0.29) is 0 Å². The number of hydrogen-bond donors (Lipinski definition) is 0. The number of anilines is 8. The Morgan fingerprint density at radius 3 is 0.918 bits per heavy atom. The fraction of sp³-hybridized carbons (Fsp3) is 0.0175. The van der Waals surface area contributed by atoms with Gasteiger partial charge in [-0.15, -0.1) is 0 Å². The molecule has 0 amide bonds. The number of benzene rings is 10. The van der Waals surface area contributed by atoms with Crippen molar-refractivity contribution < 1.29 is 0 Å². The molecule has 0 saturated carbocycles.